The quantitative estimate of drug-likeness (QED) is 0.820. The Balaban J connectivity index is 1.93. The van der Waals surface area contributed by atoms with Gasteiger partial charge in [0.1, 0.15) is 5.75 Å². The minimum atomic E-state index is -4.72. The Hall–Kier alpha value is -2.79. The number of benzene rings is 2. The maximum absolute atomic E-state index is 12.1. The second-order valence-corrected chi connectivity index (χ2v) is 4.75. The minimum Gasteiger partial charge on any atom is -0.406 e. The number of alkyl halides is 3. The predicted octanol–water partition coefficient (Wildman–Crippen LogP) is 4.27. The summed E-state index contributed by atoms with van der Waals surface area (Å²) in [6.07, 6.45) is -4.72. The maximum Gasteiger partial charge on any atom is 0.573 e. The molecule has 0 saturated heterocycles. The van der Waals surface area contributed by atoms with E-state index in [1.165, 1.54) is 24.3 Å². The zero-order valence-corrected chi connectivity index (χ0v) is 12.3. The Labute approximate surface area is 135 Å². The largest absolute Gasteiger partial charge is 0.573 e. The highest BCUT2D eigenvalue weighted by molar-refractivity contribution is 7.80. The van der Waals surface area contributed by atoms with Crippen LogP contribution >= 0.6 is 12.2 Å². The number of nitrogens with one attached hydrogen (secondary N) is 2. The van der Waals surface area contributed by atoms with Gasteiger partial charge in [0.25, 0.3) is 0 Å². The van der Waals surface area contributed by atoms with Crippen molar-refractivity contribution in [2.75, 3.05) is 10.6 Å². The average Bonchev–Trinajstić information content (AvgIpc) is 2.48. The van der Waals surface area contributed by atoms with E-state index in [1.807, 2.05) is 6.07 Å². The van der Waals surface area contributed by atoms with Crippen molar-refractivity contribution >= 4 is 28.7 Å². The van der Waals surface area contributed by atoms with E-state index < -0.39 is 6.36 Å². The molecule has 0 unspecified atom stereocenters. The molecule has 8 heteroatoms. The third kappa shape index (κ3) is 5.48. The zero-order chi connectivity index (χ0) is 16.9. The van der Waals surface area contributed by atoms with Crippen LogP contribution in [-0.4, -0.2) is 11.5 Å². The highest BCUT2D eigenvalue weighted by Gasteiger charge is 2.30. The fourth-order valence-electron chi connectivity index (χ4n) is 1.66. The summed E-state index contributed by atoms with van der Waals surface area (Å²) in [7, 11) is 0. The molecular formula is C15H10F3N3OS. The standard InChI is InChI=1S/C15H10F3N3OS/c16-15(17,18)22-13-7-5-12(6-8-13)21-14(23)20-11-3-1-10(9-19)2-4-11/h1-8H,(H2,20,21,23). The van der Waals surface area contributed by atoms with Crippen LogP contribution in [0, 0.1) is 11.3 Å². The van der Waals surface area contributed by atoms with Crippen molar-refractivity contribution in [3.63, 3.8) is 0 Å². The zero-order valence-electron chi connectivity index (χ0n) is 11.5. The van der Waals surface area contributed by atoms with E-state index in [0.717, 1.165) is 0 Å². The molecule has 0 heterocycles. The molecule has 0 spiro atoms. The molecule has 23 heavy (non-hydrogen) atoms. The third-order valence-corrected chi connectivity index (χ3v) is 2.82. The van der Waals surface area contributed by atoms with Crippen LogP contribution in [0.1, 0.15) is 5.56 Å². The lowest BCUT2D eigenvalue weighted by Gasteiger charge is -2.12. The van der Waals surface area contributed by atoms with E-state index >= 15 is 0 Å². The molecule has 0 fully saturated rings. The van der Waals surface area contributed by atoms with Gasteiger partial charge in [0.2, 0.25) is 0 Å². The molecule has 4 nitrogen and oxygen atoms in total. The van der Waals surface area contributed by atoms with E-state index in [9.17, 15) is 13.2 Å². The van der Waals surface area contributed by atoms with Crippen molar-refractivity contribution in [1.82, 2.24) is 0 Å². The molecule has 0 radical (unpaired) electrons. The van der Waals surface area contributed by atoms with Crippen LogP contribution in [0.3, 0.4) is 0 Å². The summed E-state index contributed by atoms with van der Waals surface area (Å²) < 4.78 is 40.0. The highest BCUT2D eigenvalue weighted by atomic mass is 32.1. The molecule has 0 aliphatic carbocycles. The topological polar surface area (TPSA) is 57.1 Å². The van der Waals surface area contributed by atoms with Crippen LogP contribution in [0.4, 0.5) is 24.5 Å². The number of halogens is 3. The van der Waals surface area contributed by atoms with Crippen LogP contribution in [-0.2, 0) is 0 Å². The Bertz CT molecular complexity index is 722. The second kappa shape index (κ2) is 6.98. The van der Waals surface area contributed by atoms with Crippen molar-refractivity contribution in [1.29, 1.82) is 5.26 Å². The Kier molecular flexibility index (Phi) is 5.03. The summed E-state index contributed by atoms with van der Waals surface area (Å²) in [6.45, 7) is 0. The number of rotatable bonds is 3. The number of anilines is 2. The summed E-state index contributed by atoms with van der Waals surface area (Å²) in [5.41, 5.74) is 1.71. The first kappa shape index (κ1) is 16.6. The number of hydrogen-bond acceptors (Lipinski definition) is 3. The van der Waals surface area contributed by atoms with Crippen molar-refractivity contribution in [2.45, 2.75) is 6.36 Å². The van der Waals surface area contributed by atoms with Gasteiger partial charge >= 0.3 is 6.36 Å². The maximum atomic E-state index is 12.1. The fourth-order valence-corrected chi connectivity index (χ4v) is 1.90. The Morgan fingerprint density at radius 2 is 1.43 bits per heavy atom. The number of nitrogens with zero attached hydrogens (tertiary/aromatic N) is 1. The van der Waals surface area contributed by atoms with Gasteiger partial charge in [-0.3, -0.25) is 0 Å². The smallest absolute Gasteiger partial charge is 0.406 e. The molecule has 0 saturated carbocycles. The molecule has 2 aromatic carbocycles. The highest BCUT2D eigenvalue weighted by Crippen LogP contribution is 2.24. The number of ether oxygens (including phenoxy) is 1. The van der Waals surface area contributed by atoms with E-state index in [0.29, 0.717) is 16.9 Å². The van der Waals surface area contributed by atoms with E-state index in [2.05, 4.69) is 15.4 Å². The summed E-state index contributed by atoms with van der Waals surface area (Å²) in [6, 6.07) is 13.8. The first-order valence-corrected chi connectivity index (χ1v) is 6.70. The van der Waals surface area contributed by atoms with Gasteiger partial charge in [0.05, 0.1) is 11.6 Å². The van der Waals surface area contributed by atoms with E-state index in [-0.39, 0.29) is 10.9 Å². The van der Waals surface area contributed by atoms with E-state index in [4.69, 9.17) is 17.5 Å². The lowest BCUT2D eigenvalue weighted by molar-refractivity contribution is -0.274. The first-order chi connectivity index (χ1) is 10.9. The second-order valence-electron chi connectivity index (χ2n) is 4.34. The normalized spacial score (nSPS) is 10.5. The lowest BCUT2D eigenvalue weighted by Crippen LogP contribution is -2.19. The van der Waals surface area contributed by atoms with Crippen LogP contribution in [0.15, 0.2) is 48.5 Å². The summed E-state index contributed by atoms with van der Waals surface area (Å²) >= 11 is 5.10. The van der Waals surface area contributed by atoms with Gasteiger partial charge in [-0.05, 0) is 60.7 Å². The SMILES string of the molecule is N#Cc1ccc(NC(=S)Nc2ccc(OC(F)(F)F)cc2)cc1. The van der Waals surface area contributed by atoms with Crippen LogP contribution in [0.25, 0.3) is 0 Å². The Morgan fingerprint density at radius 3 is 1.87 bits per heavy atom. The first-order valence-electron chi connectivity index (χ1n) is 6.30. The summed E-state index contributed by atoms with van der Waals surface area (Å²) in [5.74, 6) is -0.311. The molecule has 2 aromatic rings. The molecule has 0 aromatic heterocycles. The van der Waals surface area contributed by atoms with Crippen molar-refractivity contribution < 1.29 is 17.9 Å². The summed E-state index contributed by atoms with van der Waals surface area (Å²) in [5, 5.41) is 14.7. The van der Waals surface area contributed by atoms with Gasteiger partial charge in [0, 0.05) is 11.4 Å². The molecule has 0 aliphatic rings. The van der Waals surface area contributed by atoms with Gasteiger partial charge in [-0.25, -0.2) is 0 Å². The number of hydrogen-bond donors (Lipinski definition) is 2. The minimum absolute atomic E-state index is 0.263. The van der Waals surface area contributed by atoms with Crippen LogP contribution < -0.4 is 15.4 Å². The van der Waals surface area contributed by atoms with Crippen LogP contribution in [0.5, 0.6) is 5.75 Å². The monoisotopic (exact) mass is 337 g/mol. The third-order valence-electron chi connectivity index (χ3n) is 2.62. The van der Waals surface area contributed by atoms with Crippen molar-refractivity contribution in [3.05, 3.63) is 54.1 Å². The van der Waals surface area contributed by atoms with Gasteiger partial charge in [-0.15, -0.1) is 13.2 Å². The van der Waals surface area contributed by atoms with E-state index in [1.54, 1.807) is 24.3 Å². The molecule has 0 aliphatic heterocycles. The Morgan fingerprint density at radius 1 is 0.957 bits per heavy atom. The van der Waals surface area contributed by atoms with Gasteiger partial charge in [-0.1, -0.05) is 0 Å². The molecular weight excluding hydrogens is 327 g/mol. The number of thiocarbonyl (C=S) groups is 1. The van der Waals surface area contributed by atoms with Gasteiger partial charge in [0.15, 0.2) is 5.11 Å². The van der Waals surface area contributed by atoms with Crippen LogP contribution in [0.2, 0.25) is 0 Å². The van der Waals surface area contributed by atoms with Crippen molar-refractivity contribution in [3.8, 4) is 11.8 Å². The summed E-state index contributed by atoms with van der Waals surface area (Å²) in [4.78, 5) is 0. The molecule has 0 atom stereocenters. The molecule has 2 rings (SSSR count). The van der Waals surface area contributed by atoms with Gasteiger partial charge in [-0.2, -0.15) is 5.26 Å². The molecule has 2 N–H and O–H groups in total. The van der Waals surface area contributed by atoms with Crippen molar-refractivity contribution in [2.24, 2.45) is 0 Å². The predicted molar refractivity (Wildman–Crippen MR) is 84.1 cm³/mol. The molecule has 0 bridgehead atoms. The fraction of sp³-hybridized carbons (Fsp3) is 0.0667. The number of nitriles is 1. The molecule has 0 amide bonds. The lowest BCUT2D eigenvalue weighted by atomic mass is 10.2. The molecule has 118 valence electrons. The average molecular weight is 337 g/mol. The van der Waals surface area contributed by atoms with Gasteiger partial charge < -0.3 is 15.4 Å².